The highest BCUT2D eigenvalue weighted by Crippen LogP contribution is 2.14. The molecular weight excluding hydrogens is 281 g/mol. The van der Waals surface area contributed by atoms with Gasteiger partial charge >= 0.3 is 0 Å². The Morgan fingerprint density at radius 3 is 2.50 bits per heavy atom. The van der Waals surface area contributed by atoms with Gasteiger partial charge in [-0.05, 0) is 43.7 Å². The topological polar surface area (TPSA) is 45.2 Å². The lowest BCUT2D eigenvalue weighted by atomic mass is 10.2. The van der Waals surface area contributed by atoms with Gasteiger partial charge in [0.15, 0.2) is 0 Å². The highest BCUT2D eigenvalue weighted by molar-refractivity contribution is 5.93. The number of pyridine rings is 1. The maximum Gasteiger partial charge on any atom is 0.270 e. The van der Waals surface area contributed by atoms with Crippen LogP contribution in [0, 0.1) is 5.82 Å². The van der Waals surface area contributed by atoms with Crippen LogP contribution in [0.4, 0.5) is 10.1 Å². The molecule has 0 saturated carbocycles. The van der Waals surface area contributed by atoms with Gasteiger partial charge in [-0.1, -0.05) is 12.1 Å². The van der Waals surface area contributed by atoms with Crippen LogP contribution in [-0.2, 0) is 6.54 Å². The fourth-order valence-electron chi connectivity index (χ4n) is 2.20. The number of anilines is 1. The van der Waals surface area contributed by atoms with Crippen molar-refractivity contribution in [3.05, 3.63) is 59.7 Å². The number of hydrogen-bond acceptors (Lipinski definition) is 3. The van der Waals surface area contributed by atoms with E-state index in [1.165, 1.54) is 12.1 Å². The second-order valence-corrected chi connectivity index (χ2v) is 4.88. The van der Waals surface area contributed by atoms with Crippen LogP contribution in [0.15, 0.2) is 42.6 Å². The van der Waals surface area contributed by atoms with E-state index in [1.54, 1.807) is 24.4 Å². The van der Waals surface area contributed by atoms with E-state index in [4.69, 9.17) is 0 Å². The summed E-state index contributed by atoms with van der Waals surface area (Å²) in [5.74, 6) is -0.526. The summed E-state index contributed by atoms with van der Waals surface area (Å²) in [5, 5.41) is 2.79. The maximum atomic E-state index is 12.8. The quantitative estimate of drug-likeness (QED) is 0.892. The van der Waals surface area contributed by atoms with E-state index in [9.17, 15) is 9.18 Å². The molecule has 0 aliphatic rings. The van der Waals surface area contributed by atoms with Crippen molar-refractivity contribution in [2.45, 2.75) is 20.4 Å². The minimum absolute atomic E-state index is 0.238. The number of nitrogens with one attached hydrogen (secondary N) is 1. The molecule has 0 unspecified atom stereocenters. The van der Waals surface area contributed by atoms with E-state index in [1.807, 2.05) is 6.07 Å². The van der Waals surface area contributed by atoms with E-state index in [2.05, 4.69) is 29.0 Å². The van der Waals surface area contributed by atoms with Gasteiger partial charge in [-0.25, -0.2) is 4.39 Å². The van der Waals surface area contributed by atoms with Gasteiger partial charge in [-0.15, -0.1) is 0 Å². The van der Waals surface area contributed by atoms with Gasteiger partial charge in [0.1, 0.15) is 11.5 Å². The van der Waals surface area contributed by atoms with Crippen molar-refractivity contribution in [1.29, 1.82) is 0 Å². The van der Waals surface area contributed by atoms with E-state index in [0.717, 1.165) is 24.3 Å². The third kappa shape index (κ3) is 4.04. The Morgan fingerprint density at radius 2 is 1.86 bits per heavy atom. The number of hydrogen-bond donors (Lipinski definition) is 1. The van der Waals surface area contributed by atoms with E-state index >= 15 is 0 Å². The number of halogens is 1. The van der Waals surface area contributed by atoms with E-state index in [-0.39, 0.29) is 11.7 Å². The first-order valence-corrected chi connectivity index (χ1v) is 7.37. The Hall–Kier alpha value is -2.43. The van der Waals surface area contributed by atoms with Crippen LogP contribution in [0.3, 0.4) is 0 Å². The third-order valence-corrected chi connectivity index (χ3v) is 3.47. The summed E-state index contributed by atoms with van der Waals surface area (Å²) in [7, 11) is 0. The lowest BCUT2D eigenvalue weighted by molar-refractivity contribution is 0.0946. The van der Waals surface area contributed by atoms with Crippen molar-refractivity contribution in [2.24, 2.45) is 0 Å². The fourth-order valence-corrected chi connectivity index (χ4v) is 2.20. The largest absolute Gasteiger partial charge is 0.372 e. The zero-order valence-electron chi connectivity index (χ0n) is 12.8. The monoisotopic (exact) mass is 301 g/mol. The Labute approximate surface area is 130 Å². The molecule has 5 heteroatoms. The van der Waals surface area contributed by atoms with Crippen LogP contribution in [-0.4, -0.2) is 24.0 Å². The average molecular weight is 301 g/mol. The zero-order chi connectivity index (χ0) is 15.9. The number of amides is 1. The molecule has 1 N–H and O–H groups in total. The molecule has 0 saturated heterocycles. The van der Waals surface area contributed by atoms with Crippen molar-refractivity contribution < 1.29 is 9.18 Å². The van der Waals surface area contributed by atoms with Crippen molar-refractivity contribution in [1.82, 2.24) is 10.3 Å². The van der Waals surface area contributed by atoms with Crippen LogP contribution in [0.1, 0.15) is 29.9 Å². The number of aromatic nitrogens is 1. The number of carbonyl (C=O) groups is 1. The molecule has 1 amide bonds. The molecule has 0 aliphatic carbocycles. The highest BCUT2D eigenvalue weighted by atomic mass is 19.1. The van der Waals surface area contributed by atoms with Gasteiger partial charge in [0, 0.05) is 31.5 Å². The molecule has 0 atom stereocenters. The first kappa shape index (κ1) is 15.9. The predicted molar refractivity (Wildman–Crippen MR) is 85.4 cm³/mol. The summed E-state index contributed by atoms with van der Waals surface area (Å²) in [5.41, 5.74) is 2.20. The first-order valence-electron chi connectivity index (χ1n) is 7.37. The normalized spacial score (nSPS) is 10.3. The minimum atomic E-state index is -0.288. The van der Waals surface area contributed by atoms with Crippen molar-refractivity contribution in [2.75, 3.05) is 18.0 Å². The Morgan fingerprint density at radius 1 is 1.18 bits per heavy atom. The van der Waals surface area contributed by atoms with Gasteiger partial charge in [0.25, 0.3) is 5.91 Å². The van der Waals surface area contributed by atoms with Crippen LogP contribution in [0.5, 0.6) is 0 Å². The standard InChI is InChI=1S/C17H20FN3O/c1-3-21(4-2)15-9-10-19-16(11-15)17(22)20-12-13-5-7-14(18)8-6-13/h5-11H,3-4,12H2,1-2H3,(H,20,22). The second-order valence-electron chi connectivity index (χ2n) is 4.88. The molecule has 0 spiro atoms. The molecule has 116 valence electrons. The SMILES string of the molecule is CCN(CC)c1ccnc(C(=O)NCc2ccc(F)cc2)c1. The van der Waals surface area contributed by atoms with Gasteiger partial charge in [-0.2, -0.15) is 0 Å². The fraction of sp³-hybridized carbons (Fsp3) is 0.294. The first-order chi connectivity index (χ1) is 10.6. The summed E-state index contributed by atoms with van der Waals surface area (Å²) < 4.78 is 12.8. The summed E-state index contributed by atoms with van der Waals surface area (Å²) >= 11 is 0. The predicted octanol–water partition coefficient (Wildman–Crippen LogP) is 3.00. The number of benzene rings is 1. The van der Waals surface area contributed by atoms with E-state index in [0.29, 0.717) is 12.2 Å². The van der Waals surface area contributed by atoms with Crippen LogP contribution < -0.4 is 10.2 Å². The Kier molecular flexibility index (Phi) is 5.47. The smallest absolute Gasteiger partial charge is 0.270 e. The summed E-state index contributed by atoms with van der Waals surface area (Å²) in [6.45, 7) is 6.22. The molecule has 1 aromatic heterocycles. The molecule has 22 heavy (non-hydrogen) atoms. The summed E-state index contributed by atoms with van der Waals surface area (Å²) in [6, 6.07) is 9.73. The molecular formula is C17H20FN3O. The number of rotatable bonds is 6. The van der Waals surface area contributed by atoms with E-state index < -0.39 is 0 Å². The van der Waals surface area contributed by atoms with Crippen molar-refractivity contribution in [3.8, 4) is 0 Å². The lowest BCUT2D eigenvalue weighted by Gasteiger charge is -2.21. The van der Waals surface area contributed by atoms with Gasteiger partial charge in [0.2, 0.25) is 0 Å². The highest BCUT2D eigenvalue weighted by Gasteiger charge is 2.10. The molecule has 0 radical (unpaired) electrons. The molecule has 1 aromatic carbocycles. The molecule has 4 nitrogen and oxygen atoms in total. The summed E-state index contributed by atoms with van der Waals surface area (Å²) in [6.07, 6.45) is 1.64. The van der Waals surface area contributed by atoms with Crippen molar-refractivity contribution >= 4 is 11.6 Å². The van der Waals surface area contributed by atoms with Gasteiger partial charge < -0.3 is 10.2 Å². The molecule has 0 fully saturated rings. The molecule has 0 aliphatic heterocycles. The molecule has 2 aromatic rings. The van der Waals surface area contributed by atoms with Crippen LogP contribution in [0.25, 0.3) is 0 Å². The number of nitrogens with zero attached hydrogens (tertiary/aromatic N) is 2. The van der Waals surface area contributed by atoms with Gasteiger partial charge in [-0.3, -0.25) is 9.78 Å². The lowest BCUT2D eigenvalue weighted by Crippen LogP contribution is -2.25. The maximum absolute atomic E-state index is 12.8. The van der Waals surface area contributed by atoms with Gasteiger partial charge in [0.05, 0.1) is 0 Å². The second kappa shape index (κ2) is 7.54. The van der Waals surface area contributed by atoms with Crippen molar-refractivity contribution in [3.63, 3.8) is 0 Å². The molecule has 0 bridgehead atoms. The Bertz CT molecular complexity index is 624. The molecule has 2 rings (SSSR count). The Balaban J connectivity index is 2.03. The average Bonchev–Trinajstić information content (AvgIpc) is 2.55. The third-order valence-electron chi connectivity index (χ3n) is 3.47. The van der Waals surface area contributed by atoms with Crippen LogP contribution >= 0.6 is 0 Å². The minimum Gasteiger partial charge on any atom is -0.372 e. The summed E-state index contributed by atoms with van der Waals surface area (Å²) in [4.78, 5) is 18.4. The zero-order valence-corrected chi connectivity index (χ0v) is 12.8. The molecule has 1 heterocycles. The van der Waals surface area contributed by atoms with Crippen LogP contribution in [0.2, 0.25) is 0 Å². The number of carbonyl (C=O) groups excluding carboxylic acids is 1.